The van der Waals surface area contributed by atoms with Gasteiger partial charge in [0.05, 0.1) is 24.7 Å². The van der Waals surface area contributed by atoms with Gasteiger partial charge in [0.25, 0.3) is 0 Å². The summed E-state index contributed by atoms with van der Waals surface area (Å²) < 4.78 is 24.1. The van der Waals surface area contributed by atoms with Crippen molar-refractivity contribution in [2.45, 2.75) is 89.4 Å². The monoisotopic (exact) mass is 448 g/mol. The van der Waals surface area contributed by atoms with Crippen LogP contribution in [0.3, 0.4) is 0 Å². The maximum atomic E-state index is 12.9. The third-order valence-corrected chi connectivity index (χ3v) is 7.19. The number of carbonyl (C=O) groups is 1. The third-order valence-electron chi connectivity index (χ3n) is 7.19. The highest BCUT2D eigenvalue weighted by molar-refractivity contribution is 5.68. The van der Waals surface area contributed by atoms with Crippen molar-refractivity contribution in [3.05, 3.63) is 23.5 Å². The van der Waals surface area contributed by atoms with Crippen molar-refractivity contribution in [1.82, 2.24) is 20.7 Å². The minimum atomic E-state index is -0.479. The van der Waals surface area contributed by atoms with Crippen LogP contribution in [-0.4, -0.2) is 64.7 Å². The number of hydrogen-bond acceptors (Lipinski definition) is 7. The molecule has 0 radical (unpaired) electrons. The number of hydrogen-bond donors (Lipinski definition) is 2. The van der Waals surface area contributed by atoms with Gasteiger partial charge in [-0.3, -0.25) is 5.10 Å². The summed E-state index contributed by atoms with van der Waals surface area (Å²) in [5.41, 5.74) is 1.35. The molecule has 0 unspecified atom stereocenters. The highest BCUT2D eigenvalue weighted by Gasteiger charge is 2.72. The van der Waals surface area contributed by atoms with Gasteiger partial charge in [0.2, 0.25) is 0 Å². The predicted molar refractivity (Wildman–Crippen MR) is 117 cm³/mol. The first-order valence-corrected chi connectivity index (χ1v) is 11.5. The lowest BCUT2D eigenvalue weighted by Crippen LogP contribution is -2.56. The molecule has 4 rings (SSSR count). The number of rotatable bonds is 8. The molecule has 3 fully saturated rings. The summed E-state index contributed by atoms with van der Waals surface area (Å²) in [6, 6.07) is -0.294. The molecule has 32 heavy (non-hydrogen) atoms. The standard InChI is InChI=1S/C23H36N4O5/c1-13(2)7-8-17-22(5,32-17)20-19(29-6)16(9-10-23(20)12-30-23)31-21(28)25-18(14(3)4)15-11-24-27-26-15/h7,11,14,16-20H,8-10,12H2,1-6H3,(H,25,28)(H,24,26,27)/t16-,17-,18+,19-,20-,22+,23+/m1/s1. The van der Waals surface area contributed by atoms with Crippen molar-refractivity contribution in [1.29, 1.82) is 0 Å². The first-order chi connectivity index (χ1) is 15.2. The number of allylic oxidation sites excluding steroid dienone is 1. The number of alkyl carbamates (subject to hydrolysis) is 1. The Balaban J connectivity index is 1.46. The summed E-state index contributed by atoms with van der Waals surface area (Å²) >= 11 is 0. The predicted octanol–water partition coefficient (Wildman–Crippen LogP) is 3.30. The summed E-state index contributed by atoms with van der Waals surface area (Å²) in [5, 5.41) is 13.4. The first-order valence-electron chi connectivity index (χ1n) is 11.5. The summed E-state index contributed by atoms with van der Waals surface area (Å²) in [6.07, 6.45) is 5.22. The first kappa shape index (κ1) is 23.2. The van der Waals surface area contributed by atoms with Crippen molar-refractivity contribution in [3.8, 4) is 0 Å². The molecule has 1 amide bonds. The van der Waals surface area contributed by atoms with Crippen LogP contribution in [0.2, 0.25) is 0 Å². The molecule has 3 aliphatic rings. The van der Waals surface area contributed by atoms with Crippen molar-refractivity contribution in [3.63, 3.8) is 0 Å². The number of carbonyl (C=O) groups excluding carboxylic acids is 1. The van der Waals surface area contributed by atoms with Gasteiger partial charge >= 0.3 is 6.09 Å². The average molecular weight is 449 g/mol. The average Bonchev–Trinajstić information content (AvgIpc) is 3.57. The van der Waals surface area contributed by atoms with E-state index in [1.54, 1.807) is 13.3 Å². The molecule has 0 aromatic carbocycles. The molecule has 1 aromatic heterocycles. The fraction of sp³-hybridized carbons (Fsp3) is 0.783. The van der Waals surface area contributed by atoms with Crippen molar-refractivity contribution in [2.24, 2.45) is 11.8 Å². The second-order valence-electron chi connectivity index (χ2n) is 10.1. The highest BCUT2D eigenvalue weighted by Crippen LogP contribution is 2.59. The van der Waals surface area contributed by atoms with Gasteiger partial charge < -0.3 is 24.3 Å². The number of H-pyrrole nitrogens is 1. The van der Waals surface area contributed by atoms with E-state index in [0.717, 1.165) is 12.8 Å². The van der Waals surface area contributed by atoms with Gasteiger partial charge in [-0.1, -0.05) is 30.7 Å². The molecule has 178 valence electrons. The van der Waals surface area contributed by atoms with Crippen LogP contribution in [-0.2, 0) is 18.9 Å². The Morgan fingerprint density at radius 2 is 2.19 bits per heavy atom. The quantitative estimate of drug-likeness (QED) is 0.463. The lowest BCUT2D eigenvalue weighted by Gasteiger charge is -2.42. The number of epoxide rings is 2. The molecular weight excluding hydrogens is 412 g/mol. The summed E-state index contributed by atoms with van der Waals surface area (Å²) in [7, 11) is 1.68. The Kier molecular flexibility index (Phi) is 6.35. The van der Waals surface area contributed by atoms with Gasteiger partial charge in [0, 0.05) is 13.3 Å². The largest absolute Gasteiger partial charge is 0.443 e. The van der Waals surface area contributed by atoms with Crippen molar-refractivity contribution >= 4 is 6.09 Å². The Morgan fingerprint density at radius 1 is 1.44 bits per heavy atom. The smallest absolute Gasteiger partial charge is 0.408 e. The molecule has 9 heteroatoms. The molecule has 9 nitrogen and oxygen atoms in total. The molecule has 1 aromatic rings. The number of methoxy groups -OCH3 is 1. The second-order valence-corrected chi connectivity index (χ2v) is 10.1. The number of amides is 1. The number of nitrogens with zero attached hydrogens (tertiary/aromatic N) is 2. The molecule has 1 spiro atoms. The molecule has 1 aliphatic carbocycles. The van der Waals surface area contributed by atoms with E-state index in [0.29, 0.717) is 18.7 Å². The molecule has 2 saturated heterocycles. The number of ether oxygens (including phenoxy) is 4. The van der Waals surface area contributed by atoms with Crippen LogP contribution >= 0.6 is 0 Å². The van der Waals surface area contributed by atoms with Crippen LogP contribution in [0.25, 0.3) is 0 Å². The van der Waals surface area contributed by atoms with E-state index in [1.807, 2.05) is 13.8 Å². The van der Waals surface area contributed by atoms with E-state index >= 15 is 0 Å². The van der Waals surface area contributed by atoms with Gasteiger partial charge in [-0.05, 0) is 46.0 Å². The SMILES string of the molecule is CO[C@@H]1[C@H](OC(=O)N[C@H](c2c[nH]nn2)C(C)C)CC[C@]2(CO2)[C@H]1[C@@]1(C)O[C@@H]1CC=C(C)C. The lowest BCUT2D eigenvalue weighted by atomic mass is 9.68. The van der Waals surface area contributed by atoms with Crippen molar-refractivity contribution < 1.29 is 23.7 Å². The van der Waals surface area contributed by atoms with E-state index < -0.39 is 6.09 Å². The minimum Gasteiger partial charge on any atom is -0.443 e. The van der Waals surface area contributed by atoms with Gasteiger partial charge in [-0.25, -0.2) is 4.79 Å². The van der Waals surface area contributed by atoms with Crippen LogP contribution in [0, 0.1) is 11.8 Å². The van der Waals surface area contributed by atoms with E-state index in [2.05, 4.69) is 47.6 Å². The fourth-order valence-electron chi connectivity index (χ4n) is 5.31. The number of aromatic nitrogens is 3. The molecule has 3 heterocycles. The van der Waals surface area contributed by atoms with E-state index in [-0.39, 0.29) is 47.4 Å². The molecular formula is C23H36N4O5. The van der Waals surface area contributed by atoms with E-state index in [4.69, 9.17) is 18.9 Å². The zero-order chi connectivity index (χ0) is 23.1. The van der Waals surface area contributed by atoms with Gasteiger partial charge in [-0.2, -0.15) is 0 Å². The van der Waals surface area contributed by atoms with Gasteiger partial charge in [0.15, 0.2) is 0 Å². The minimum absolute atomic E-state index is 0.00134. The second kappa shape index (κ2) is 8.76. The van der Waals surface area contributed by atoms with Crippen LogP contribution in [0.15, 0.2) is 17.8 Å². The summed E-state index contributed by atoms with van der Waals surface area (Å²) in [5.74, 6) is 0.126. The van der Waals surface area contributed by atoms with Crippen LogP contribution in [0.1, 0.15) is 65.6 Å². The zero-order valence-corrected chi connectivity index (χ0v) is 19.9. The molecule has 7 atom stereocenters. The lowest BCUT2D eigenvalue weighted by molar-refractivity contribution is -0.118. The summed E-state index contributed by atoms with van der Waals surface area (Å²) in [6.45, 7) is 11.1. The normalized spacial score (nSPS) is 36.6. The van der Waals surface area contributed by atoms with Crippen molar-refractivity contribution in [2.75, 3.05) is 13.7 Å². The zero-order valence-electron chi connectivity index (χ0n) is 19.9. The fourth-order valence-corrected chi connectivity index (χ4v) is 5.31. The van der Waals surface area contributed by atoms with Crippen LogP contribution < -0.4 is 5.32 Å². The van der Waals surface area contributed by atoms with Gasteiger partial charge in [-0.15, -0.1) is 5.10 Å². The van der Waals surface area contributed by atoms with E-state index in [9.17, 15) is 4.79 Å². The molecule has 0 bridgehead atoms. The molecule has 1 saturated carbocycles. The maximum absolute atomic E-state index is 12.9. The van der Waals surface area contributed by atoms with Gasteiger partial charge in [0.1, 0.15) is 29.1 Å². The Labute approximate surface area is 189 Å². The van der Waals surface area contributed by atoms with Crippen LogP contribution in [0.5, 0.6) is 0 Å². The maximum Gasteiger partial charge on any atom is 0.408 e. The third kappa shape index (κ3) is 4.43. The van der Waals surface area contributed by atoms with E-state index in [1.165, 1.54) is 5.57 Å². The topological polar surface area (TPSA) is 114 Å². The highest BCUT2D eigenvalue weighted by atomic mass is 16.6. The number of nitrogens with one attached hydrogen (secondary N) is 2. The Bertz CT molecular complexity index is 833. The Hall–Kier alpha value is -1.97. The molecule has 2 N–H and O–H groups in total. The Morgan fingerprint density at radius 3 is 2.75 bits per heavy atom. The summed E-state index contributed by atoms with van der Waals surface area (Å²) in [4.78, 5) is 12.9. The molecule has 2 aliphatic heterocycles. The van der Waals surface area contributed by atoms with Crippen LogP contribution in [0.4, 0.5) is 4.79 Å². The number of aromatic amines is 1.